The van der Waals surface area contributed by atoms with E-state index in [0.29, 0.717) is 70.0 Å². The Morgan fingerprint density at radius 1 is 0.333 bits per heavy atom. The van der Waals surface area contributed by atoms with Gasteiger partial charge in [-0.15, -0.1) is 0 Å². The minimum atomic E-state index is -1.12. The molecule has 6 amide bonds. The second-order valence-electron chi connectivity index (χ2n) is 37.1. The summed E-state index contributed by atoms with van der Waals surface area (Å²) in [5.41, 5.74) is -2.13. The molecule has 9 atom stereocenters. The van der Waals surface area contributed by atoms with E-state index in [4.69, 9.17) is 28.4 Å². The van der Waals surface area contributed by atoms with Crippen LogP contribution in [0, 0.1) is 69.5 Å². The Balaban J connectivity index is 0.795. The van der Waals surface area contributed by atoms with E-state index < -0.39 is 34.0 Å². The normalized spacial score (nSPS) is 39.0. The van der Waals surface area contributed by atoms with Gasteiger partial charge in [0.2, 0.25) is 0 Å². The van der Waals surface area contributed by atoms with Gasteiger partial charge in [0.25, 0.3) is 17.4 Å². The molecular formula is C81H114N6O9. The second kappa shape index (κ2) is 22.9. The Bertz CT molecular complexity index is 3200. The van der Waals surface area contributed by atoms with E-state index in [1.54, 1.807) is 0 Å². The lowest BCUT2D eigenvalue weighted by molar-refractivity contribution is -0.222. The van der Waals surface area contributed by atoms with Crippen LogP contribution in [0.1, 0.15) is 256 Å². The third kappa shape index (κ3) is 10.3. The van der Waals surface area contributed by atoms with Crippen LogP contribution >= 0.6 is 0 Å². The highest BCUT2D eigenvalue weighted by Crippen LogP contribution is 2.64. The summed E-state index contributed by atoms with van der Waals surface area (Å²) in [7, 11) is 0. The Kier molecular flexibility index (Phi) is 15.5. The second-order valence-corrected chi connectivity index (χ2v) is 37.1. The average molecular weight is 1320 g/mol. The highest BCUT2D eigenvalue weighted by atomic mass is 16.8. The molecule has 9 fully saturated rings. The van der Waals surface area contributed by atoms with Crippen LogP contribution in [-0.2, 0) is 0 Å². The van der Waals surface area contributed by atoms with Crippen molar-refractivity contribution in [3.05, 3.63) is 36.4 Å². The molecule has 522 valence electrons. The Labute approximate surface area is 571 Å². The molecule has 6 bridgehead atoms. The fourth-order valence-electron chi connectivity index (χ4n) is 23.3. The third-order valence-electron chi connectivity index (χ3n) is 27.9. The van der Waals surface area contributed by atoms with Crippen molar-refractivity contribution in [1.82, 2.24) is 31.9 Å². The van der Waals surface area contributed by atoms with E-state index in [1.807, 2.05) is 0 Å². The Morgan fingerprint density at radius 2 is 0.542 bits per heavy atom. The molecular weight excluding hydrogens is 1200 g/mol. The minimum absolute atomic E-state index is 0.0568. The smallest absolute Gasteiger partial charge is 0.315 e. The maximum atomic E-state index is 14.9. The Morgan fingerprint density at radius 3 is 0.740 bits per heavy atom. The molecule has 9 aliphatic carbocycles. The van der Waals surface area contributed by atoms with Gasteiger partial charge < -0.3 is 60.3 Å². The Hall–Kier alpha value is -5.73. The molecule has 0 saturated heterocycles. The zero-order chi connectivity index (χ0) is 66.9. The summed E-state index contributed by atoms with van der Waals surface area (Å²) < 4.78 is 45.5. The first-order valence-electron chi connectivity index (χ1n) is 38.6. The van der Waals surface area contributed by atoms with Gasteiger partial charge in [-0.3, -0.25) is 0 Å². The fraction of sp³-hybridized carbons (Fsp3) is 0.741. The number of nitrogens with one attached hydrogen (secondary N) is 6. The van der Waals surface area contributed by atoms with Gasteiger partial charge in [-0.25, -0.2) is 14.4 Å². The molecule has 16 rings (SSSR count). The number of fused-ring (bicyclic) bond motifs is 9. The number of amides is 6. The molecule has 0 unspecified atom stereocenters. The van der Waals surface area contributed by atoms with Crippen LogP contribution in [0.5, 0.6) is 34.5 Å². The van der Waals surface area contributed by atoms with E-state index in [9.17, 15) is 14.4 Å². The zero-order valence-electron chi connectivity index (χ0n) is 60.2. The lowest BCUT2D eigenvalue weighted by Crippen LogP contribution is -2.75. The molecule has 12 aliphatic rings. The standard InChI is InChI=1S/C81H114N6O9/c1-46-25-28-58(73(4,5)6)61(37-46)82-70(88)85-76-31-13-19-49(20-14-32-76)79(76)91-64-40-52-53(41-65(64)92-79)55-43-67-69(96-81(94-67)51-23-17-35-78(81,36-18-24-51)87-72(90)84-63-39-48(3)27-30-60(63)75(10,11)12)45-57(55)56-44-68-66(42-54(52)56)93-80(95-68)50-21-15-33-77(80,34-16-22-50)86-71(89)83-62-38-47(2)26-29-59(62)74(7,8)9/h40-51,58-63H,13-39H2,1-12H3,(H2,82,85,88)(H2,83,86,89)(H2,84,87,90)/t46-,47-,48-,49?,50?,51?,58-,59-,60-,61-,62-,63-,76?,77?,78?,79?,80?,81?/m1/s1. The summed E-state index contributed by atoms with van der Waals surface area (Å²) >= 11 is 0. The van der Waals surface area contributed by atoms with Crippen molar-refractivity contribution in [2.24, 2.45) is 69.5 Å². The van der Waals surface area contributed by atoms with Crippen LogP contribution < -0.4 is 60.3 Å². The number of rotatable bonds is 6. The van der Waals surface area contributed by atoms with Gasteiger partial charge in [0, 0.05) is 35.9 Å². The molecule has 3 spiro atoms. The molecule has 15 nitrogen and oxygen atoms in total. The van der Waals surface area contributed by atoms with E-state index >= 15 is 0 Å². The molecule has 3 heterocycles. The maximum absolute atomic E-state index is 14.9. The number of urea groups is 3. The number of benzene rings is 4. The topological polar surface area (TPSA) is 179 Å². The van der Waals surface area contributed by atoms with Crippen LogP contribution in [0.25, 0.3) is 32.3 Å². The van der Waals surface area contributed by atoms with Crippen molar-refractivity contribution in [3.8, 4) is 34.5 Å². The van der Waals surface area contributed by atoms with Gasteiger partial charge >= 0.3 is 18.1 Å². The molecule has 4 aromatic rings. The van der Waals surface area contributed by atoms with Gasteiger partial charge in [-0.2, -0.15) is 0 Å². The lowest BCUT2D eigenvalue weighted by atomic mass is 9.62. The van der Waals surface area contributed by atoms with Crippen LogP contribution in [0.4, 0.5) is 14.4 Å². The van der Waals surface area contributed by atoms with Crippen LogP contribution in [-0.4, -0.2) is 70.2 Å². The van der Waals surface area contributed by atoms with Crippen LogP contribution in [0.15, 0.2) is 36.4 Å². The average Bonchev–Trinajstić information content (AvgIpc) is 1.43. The van der Waals surface area contributed by atoms with Gasteiger partial charge in [0.15, 0.2) is 34.5 Å². The van der Waals surface area contributed by atoms with Crippen molar-refractivity contribution in [3.63, 3.8) is 0 Å². The summed E-state index contributed by atoms with van der Waals surface area (Å²) in [5, 5.41) is 27.6. The number of hydrogen-bond acceptors (Lipinski definition) is 9. The molecule has 4 aromatic carbocycles. The molecule has 9 saturated carbocycles. The minimum Gasteiger partial charge on any atom is -0.446 e. The summed E-state index contributed by atoms with van der Waals surface area (Å²) in [6, 6.07) is 13.0. The van der Waals surface area contributed by atoms with Crippen molar-refractivity contribution in [1.29, 1.82) is 0 Å². The number of carbonyl (C=O) groups excluding carboxylic acids is 3. The predicted octanol–water partition coefficient (Wildman–Crippen LogP) is 18.2. The quantitative estimate of drug-likeness (QED) is 0.103. The van der Waals surface area contributed by atoms with E-state index in [-0.39, 0.29) is 70.2 Å². The predicted molar refractivity (Wildman–Crippen MR) is 377 cm³/mol. The molecule has 0 radical (unpaired) electrons. The SMILES string of the molecule is C[C@@H]1CC[C@@H](C(C)(C)C)[C@H](NC(=O)NC23CCCC(CCC2)C32Oc3cc4c5cc6c(cc5c5cc7c(cc5c4cc3O2)OC2(O7)C3CCCC2(NC(=O)N[C@@H]2C[C@H](C)CC[C@H]2C(C)(C)C)CCC3)OC2(O6)C3CCCC2(NC(=O)N[C@@H]2C[C@H](C)CC[C@H]2C(C)(C)C)CCC3)C1. The molecule has 96 heavy (non-hydrogen) atoms. The number of ether oxygens (including phenoxy) is 6. The van der Waals surface area contributed by atoms with Crippen molar-refractivity contribution in [2.75, 3.05) is 0 Å². The van der Waals surface area contributed by atoms with Gasteiger partial charge in [0.1, 0.15) is 16.6 Å². The molecule has 6 N–H and O–H groups in total. The number of carbonyl (C=O) groups is 3. The van der Waals surface area contributed by atoms with E-state index in [2.05, 4.69) is 151 Å². The van der Waals surface area contributed by atoms with Crippen LogP contribution in [0.2, 0.25) is 0 Å². The number of hydrogen-bond donors (Lipinski definition) is 6. The largest absolute Gasteiger partial charge is 0.446 e. The van der Waals surface area contributed by atoms with E-state index in [1.165, 1.54) is 19.3 Å². The van der Waals surface area contributed by atoms with Crippen molar-refractivity contribution >= 4 is 50.4 Å². The molecule has 3 aliphatic heterocycles. The lowest BCUT2D eigenvalue weighted by Gasteiger charge is -2.56. The maximum Gasteiger partial charge on any atom is 0.315 e. The monoisotopic (exact) mass is 1310 g/mol. The first-order valence-corrected chi connectivity index (χ1v) is 38.6. The highest BCUT2D eigenvalue weighted by Gasteiger charge is 2.70. The van der Waals surface area contributed by atoms with Gasteiger partial charge in [-0.1, -0.05) is 141 Å². The molecule has 15 heteroatoms. The zero-order valence-corrected chi connectivity index (χ0v) is 60.2. The summed E-state index contributed by atoms with van der Waals surface area (Å²) in [6.07, 6.45) is 25.7. The van der Waals surface area contributed by atoms with Gasteiger partial charge in [0.05, 0.1) is 0 Å². The van der Waals surface area contributed by atoms with Gasteiger partial charge in [-0.05, 0) is 236 Å². The highest BCUT2D eigenvalue weighted by molar-refractivity contribution is 6.27. The summed E-state index contributed by atoms with van der Waals surface area (Å²) in [6.45, 7) is 27.8. The molecule has 0 aromatic heterocycles. The van der Waals surface area contributed by atoms with E-state index in [0.717, 1.165) is 186 Å². The third-order valence-corrected chi connectivity index (χ3v) is 27.9. The summed E-state index contributed by atoms with van der Waals surface area (Å²) in [4.78, 5) is 44.6. The fourth-order valence-corrected chi connectivity index (χ4v) is 23.3. The van der Waals surface area contributed by atoms with Crippen molar-refractivity contribution in [2.45, 2.75) is 309 Å². The van der Waals surface area contributed by atoms with Crippen LogP contribution in [0.3, 0.4) is 0 Å². The first-order chi connectivity index (χ1) is 45.6. The van der Waals surface area contributed by atoms with Crippen molar-refractivity contribution < 1.29 is 42.8 Å². The first kappa shape index (κ1) is 64.9. The summed E-state index contributed by atoms with van der Waals surface area (Å²) in [5.74, 6) is 3.57.